The zero-order valence-electron chi connectivity index (χ0n) is 8.19. The highest BCUT2D eigenvalue weighted by molar-refractivity contribution is 5.16. The molecular formula is C10H12N2O2. The highest BCUT2D eigenvalue weighted by atomic mass is 16.5. The van der Waals surface area contributed by atoms with Crippen LogP contribution in [0.3, 0.4) is 0 Å². The topological polar surface area (TPSA) is 55.2 Å². The van der Waals surface area contributed by atoms with Crippen molar-refractivity contribution in [2.45, 2.75) is 19.4 Å². The van der Waals surface area contributed by atoms with E-state index in [0.717, 1.165) is 0 Å². The molecule has 1 heterocycles. The van der Waals surface area contributed by atoms with E-state index in [0.29, 0.717) is 18.0 Å². The molecule has 0 aliphatic heterocycles. The van der Waals surface area contributed by atoms with Crippen molar-refractivity contribution < 1.29 is 9.84 Å². The molecule has 0 aliphatic carbocycles. The van der Waals surface area contributed by atoms with Crippen molar-refractivity contribution >= 4 is 0 Å². The minimum atomic E-state index is -0.681. The van der Waals surface area contributed by atoms with E-state index in [2.05, 4.69) is 21.8 Å². The number of ether oxygens (including phenoxy) is 1. The van der Waals surface area contributed by atoms with Crippen molar-refractivity contribution in [1.29, 1.82) is 0 Å². The summed E-state index contributed by atoms with van der Waals surface area (Å²) in [7, 11) is 1.52. The van der Waals surface area contributed by atoms with Crippen LogP contribution >= 0.6 is 0 Å². The minimum Gasteiger partial charge on any atom is -0.481 e. The number of aliphatic hydroxyl groups is 1. The first-order valence-electron chi connectivity index (χ1n) is 4.21. The Labute approximate surface area is 83.0 Å². The van der Waals surface area contributed by atoms with Crippen molar-refractivity contribution in [3.63, 3.8) is 0 Å². The van der Waals surface area contributed by atoms with Gasteiger partial charge in [-0.1, -0.05) is 0 Å². The van der Waals surface area contributed by atoms with Crippen molar-refractivity contribution in [1.82, 2.24) is 9.97 Å². The molecule has 0 radical (unpaired) electrons. The van der Waals surface area contributed by atoms with Gasteiger partial charge in [-0.15, -0.1) is 11.8 Å². The molecular weight excluding hydrogens is 180 g/mol. The van der Waals surface area contributed by atoms with Gasteiger partial charge in [-0.05, 0) is 6.92 Å². The Bertz CT molecular complexity index is 355. The zero-order valence-corrected chi connectivity index (χ0v) is 8.19. The molecule has 0 aliphatic rings. The molecule has 14 heavy (non-hydrogen) atoms. The van der Waals surface area contributed by atoms with Crippen LogP contribution in [0.4, 0.5) is 0 Å². The molecule has 0 saturated heterocycles. The zero-order chi connectivity index (χ0) is 10.4. The van der Waals surface area contributed by atoms with Crippen molar-refractivity contribution in [3.05, 3.63) is 18.1 Å². The highest BCUT2D eigenvalue weighted by Crippen LogP contribution is 2.16. The smallest absolute Gasteiger partial charge is 0.216 e. The average molecular weight is 192 g/mol. The van der Waals surface area contributed by atoms with Crippen molar-refractivity contribution in [3.8, 4) is 17.7 Å². The Kier molecular flexibility index (Phi) is 3.89. The first kappa shape index (κ1) is 10.5. The third-order valence-electron chi connectivity index (χ3n) is 1.69. The molecule has 1 unspecified atom stereocenters. The van der Waals surface area contributed by atoms with Gasteiger partial charge in [0.05, 0.1) is 12.8 Å². The summed E-state index contributed by atoms with van der Waals surface area (Å²) in [4.78, 5) is 7.77. The van der Waals surface area contributed by atoms with E-state index in [1.165, 1.54) is 13.4 Å². The molecule has 1 aromatic heterocycles. The predicted octanol–water partition coefficient (Wildman–Crippen LogP) is 0.932. The summed E-state index contributed by atoms with van der Waals surface area (Å²) in [5.41, 5.74) is 0.527. The molecule has 4 heteroatoms. The van der Waals surface area contributed by atoms with Gasteiger partial charge in [-0.3, -0.25) is 0 Å². The van der Waals surface area contributed by atoms with E-state index in [4.69, 9.17) is 4.74 Å². The summed E-state index contributed by atoms with van der Waals surface area (Å²) in [5, 5.41) is 9.62. The summed E-state index contributed by atoms with van der Waals surface area (Å²) < 4.78 is 4.91. The first-order valence-corrected chi connectivity index (χ1v) is 4.21. The van der Waals surface area contributed by atoms with Crippen LogP contribution in [0, 0.1) is 11.8 Å². The molecule has 1 rings (SSSR count). The second-order valence-electron chi connectivity index (χ2n) is 2.63. The Morgan fingerprint density at radius 2 is 2.36 bits per heavy atom. The fourth-order valence-corrected chi connectivity index (χ4v) is 0.951. The number of methoxy groups -OCH3 is 1. The molecule has 0 saturated carbocycles. The molecule has 1 atom stereocenters. The van der Waals surface area contributed by atoms with Crippen LogP contribution in [-0.2, 0) is 0 Å². The summed E-state index contributed by atoms with van der Waals surface area (Å²) >= 11 is 0. The lowest BCUT2D eigenvalue weighted by molar-refractivity contribution is 0.178. The van der Waals surface area contributed by atoms with Crippen LogP contribution < -0.4 is 4.74 Å². The average Bonchev–Trinajstić information content (AvgIpc) is 2.26. The molecule has 74 valence electrons. The van der Waals surface area contributed by atoms with Gasteiger partial charge >= 0.3 is 0 Å². The number of nitrogens with zero attached hydrogens (tertiary/aromatic N) is 2. The van der Waals surface area contributed by atoms with Crippen LogP contribution in [-0.4, -0.2) is 22.2 Å². The molecule has 1 aromatic rings. The predicted molar refractivity (Wildman–Crippen MR) is 51.6 cm³/mol. The molecule has 0 aromatic carbocycles. The van der Waals surface area contributed by atoms with Crippen LogP contribution in [0.25, 0.3) is 0 Å². The molecule has 4 nitrogen and oxygen atoms in total. The maximum absolute atomic E-state index is 9.62. The van der Waals surface area contributed by atoms with Crippen LogP contribution in [0.5, 0.6) is 5.88 Å². The summed E-state index contributed by atoms with van der Waals surface area (Å²) in [5.74, 6) is 5.94. The fraction of sp³-hybridized carbons (Fsp3) is 0.400. The third kappa shape index (κ3) is 2.71. The fourth-order valence-electron chi connectivity index (χ4n) is 0.951. The number of hydrogen-bond acceptors (Lipinski definition) is 4. The van der Waals surface area contributed by atoms with Crippen molar-refractivity contribution in [2.24, 2.45) is 0 Å². The normalized spacial score (nSPS) is 11.4. The van der Waals surface area contributed by atoms with E-state index in [9.17, 15) is 5.11 Å². The molecule has 0 amide bonds. The van der Waals surface area contributed by atoms with Gasteiger partial charge < -0.3 is 9.84 Å². The first-order chi connectivity index (χ1) is 6.77. The molecule has 1 N–H and O–H groups in total. The summed E-state index contributed by atoms with van der Waals surface area (Å²) in [6, 6.07) is 1.60. The van der Waals surface area contributed by atoms with Gasteiger partial charge in [0.1, 0.15) is 12.4 Å². The van der Waals surface area contributed by atoms with E-state index in [1.54, 1.807) is 13.0 Å². The number of aliphatic hydroxyl groups excluding tert-OH is 1. The monoisotopic (exact) mass is 192 g/mol. The van der Waals surface area contributed by atoms with E-state index < -0.39 is 6.10 Å². The van der Waals surface area contributed by atoms with Gasteiger partial charge in [0.15, 0.2) is 0 Å². The number of aromatic nitrogens is 2. The SMILES string of the molecule is CC#CCC(O)c1cc(OC)ncn1. The van der Waals surface area contributed by atoms with Gasteiger partial charge in [0.25, 0.3) is 0 Å². The van der Waals surface area contributed by atoms with Crippen molar-refractivity contribution in [2.75, 3.05) is 7.11 Å². The maximum atomic E-state index is 9.62. The molecule has 0 fully saturated rings. The lowest BCUT2D eigenvalue weighted by atomic mass is 10.2. The van der Waals surface area contributed by atoms with Gasteiger partial charge in [0, 0.05) is 12.5 Å². The van der Waals surface area contributed by atoms with Crippen LogP contribution in [0.1, 0.15) is 25.1 Å². The van der Waals surface area contributed by atoms with E-state index in [1.807, 2.05) is 0 Å². The Balaban J connectivity index is 2.76. The summed E-state index contributed by atoms with van der Waals surface area (Å²) in [6.07, 6.45) is 1.05. The van der Waals surface area contributed by atoms with Gasteiger partial charge in [0.2, 0.25) is 5.88 Å². The lowest BCUT2D eigenvalue weighted by Crippen LogP contribution is -2.01. The van der Waals surface area contributed by atoms with Crippen LogP contribution in [0.15, 0.2) is 12.4 Å². The second-order valence-corrected chi connectivity index (χ2v) is 2.63. The van der Waals surface area contributed by atoms with Gasteiger partial charge in [-0.25, -0.2) is 9.97 Å². The number of hydrogen-bond donors (Lipinski definition) is 1. The third-order valence-corrected chi connectivity index (χ3v) is 1.69. The van der Waals surface area contributed by atoms with Crippen LogP contribution in [0.2, 0.25) is 0 Å². The highest BCUT2D eigenvalue weighted by Gasteiger charge is 2.08. The Morgan fingerprint density at radius 3 is 3.00 bits per heavy atom. The summed E-state index contributed by atoms with van der Waals surface area (Å²) in [6.45, 7) is 1.73. The second kappa shape index (κ2) is 5.20. The quantitative estimate of drug-likeness (QED) is 0.724. The Hall–Kier alpha value is -1.60. The molecule has 0 bridgehead atoms. The largest absolute Gasteiger partial charge is 0.481 e. The Morgan fingerprint density at radius 1 is 1.57 bits per heavy atom. The van der Waals surface area contributed by atoms with Gasteiger partial charge in [-0.2, -0.15) is 0 Å². The van der Waals surface area contributed by atoms with E-state index >= 15 is 0 Å². The molecule has 0 spiro atoms. The van der Waals surface area contributed by atoms with E-state index in [-0.39, 0.29) is 0 Å². The standard InChI is InChI=1S/C10H12N2O2/c1-3-4-5-9(13)8-6-10(14-2)12-7-11-8/h6-7,9,13H,5H2,1-2H3. The number of rotatable bonds is 3. The minimum absolute atomic E-state index is 0.372. The lowest BCUT2D eigenvalue weighted by Gasteiger charge is -2.06. The maximum Gasteiger partial charge on any atom is 0.216 e.